The highest BCUT2D eigenvalue weighted by Crippen LogP contribution is 2.49. The molecule has 0 saturated carbocycles. The zero-order chi connectivity index (χ0) is 51.1. The molecule has 380 valence electrons. The summed E-state index contributed by atoms with van der Waals surface area (Å²) in [7, 11) is 4.44. The lowest BCUT2D eigenvalue weighted by atomic mass is 9.83. The molecular formula is C49H63ClN6O14. The number of benzene rings is 2. The molecule has 4 bridgehead atoms. The number of likely N-dealkylation sites (N-methyl/N-ethyl adjacent to an activating group) is 1. The molecule has 0 aromatic heterocycles. The maximum Gasteiger partial charge on any atom is 0.409 e. The fraction of sp³-hybridized carbons (Fsp3) is 0.531. The molecule has 4 N–H and O–H groups in total. The van der Waals surface area contributed by atoms with E-state index in [1.807, 2.05) is 6.92 Å². The molecule has 0 radical (unpaired) electrons. The molecule has 1 unspecified atom stereocenters. The Kier molecular flexibility index (Phi) is 17.5. The number of rotatable bonds is 15. The number of carbonyl (C=O) groups excluding carboxylic acids is 6. The first-order chi connectivity index (χ1) is 33.1. The van der Waals surface area contributed by atoms with E-state index in [-0.39, 0.29) is 75.5 Å². The summed E-state index contributed by atoms with van der Waals surface area (Å²) in [4.78, 5) is 81.5. The van der Waals surface area contributed by atoms with Gasteiger partial charge in [0.05, 0.1) is 70.3 Å². The molecule has 8 atom stereocenters. The fourth-order valence-electron chi connectivity index (χ4n) is 8.46. The van der Waals surface area contributed by atoms with Gasteiger partial charge >= 0.3 is 12.1 Å². The molecule has 4 aliphatic rings. The number of fused-ring (bicyclic) bond motifs is 5. The van der Waals surface area contributed by atoms with Gasteiger partial charge in [0.15, 0.2) is 5.72 Å². The van der Waals surface area contributed by atoms with Gasteiger partial charge in [-0.15, -0.1) is 0 Å². The zero-order valence-corrected chi connectivity index (χ0v) is 41.4. The van der Waals surface area contributed by atoms with Crippen LogP contribution in [0.4, 0.5) is 16.2 Å². The van der Waals surface area contributed by atoms with Crippen LogP contribution in [0.2, 0.25) is 5.02 Å². The number of nitrogens with one attached hydrogen (secondary N) is 2. The number of amides is 5. The first-order valence-corrected chi connectivity index (χ1v) is 23.4. The molecule has 21 heteroatoms. The summed E-state index contributed by atoms with van der Waals surface area (Å²) in [6.07, 6.45) is -0.790. The van der Waals surface area contributed by atoms with Gasteiger partial charge in [-0.25, -0.2) is 14.6 Å². The van der Waals surface area contributed by atoms with Crippen molar-refractivity contribution < 1.29 is 67.4 Å². The normalized spacial score (nSPS) is 27.5. The Morgan fingerprint density at radius 2 is 1.76 bits per heavy atom. The van der Waals surface area contributed by atoms with Crippen LogP contribution in [0.25, 0.3) is 0 Å². The summed E-state index contributed by atoms with van der Waals surface area (Å²) in [6, 6.07) is 8.92. The van der Waals surface area contributed by atoms with Gasteiger partial charge in [-0.3, -0.25) is 24.5 Å². The molecule has 20 nitrogen and oxygen atoms in total. The van der Waals surface area contributed by atoms with Crippen LogP contribution < -0.4 is 25.3 Å². The number of nitrogens with zero attached hydrogens (tertiary/aromatic N) is 4. The molecule has 4 heterocycles. The molecule has 70 heavy (non-hydrogen) atoms. The topological polar surface area (TPSA) is 248 Å². The van der Waals surface area contributed by atoms with Crippen LogP contribution in [0.15, 0.2) is 65.3 Å². The number of halogens is 1. The Morgan fingerprint density at radius 3 is 2.43 bits per heavy atom. The first kappa shape index (κ1) is 53.5. The van der Waals surface area contributed by atoms with E-state index < -0.39 is 71.6 Å². The number of alkyl carbamates (subject to hydrolysis) is 1. The minimum Gasteiger partial charge on any atom is -0.495 e. The average Bonchev–Trinajstić information content (AvgIpc) is 3.91. The Bertz CT molecular complexity index is 2400. The molecule has 0 aliphatic carbocycles. The summed E-state index contributed by atoms with van der Waals surface area (Å²) in [6.45, 7) is 9.34. The standard InChI is InChI=1S/C49H63ClN6O14/c1-28-10-9-11-38(57)49(64)27-37(68-47(63)52-49)30(3)44-48(5,70-44)39(26-41(59)55(7)35-24-32(22-28)25-36(65-8)43(35)50)69-46(62)31(4)54(6)40(58)16-18-66-20-21-67-19-17-51-45(61)33-12-14-34(15-13-33)56-42(60)23-29(2)53-56/h9-15,24-25,30-31,37-39,44,57,64H,16-23,26-27H2,1-8H3,(H,51,61)(H,52,63)/b11-9+,28-10+/t30-,31+,37+,38-,39+,44?,48+,49+/m1/s1. The molecule has 2 saturated heterocycles. The maximum atomic E-state index is 14.2. The Balaban J connectivity index is 1.04. The maximum absolute atomic E-state index is 14.2. The smallest absolute Gasteiger partial charge is 0.409 e. The molecule has 4 aliphatic heterocycles. The van der Waals surface area contributed by atoms with Crippen LogP contribution in [0.5, 0.6) is 5.75 Å². The highest BCUT2D eigenvalue weighted by atomic mass is 35.5. The van der Waals surface area contributed by atoms with Crippen molar-refractivity contribution in [1.29, 1.82) is 0 Å². The van der Waals surface area contributed by atoms with Gasteiger partial charge in [0, 0.05) is 44.3 Å². The number of hydrogen-bond acceptors (Lipinski definition) is 15. The van der Waals surface area contributed by atoms with Gasteiger partial charge in [-0.1, -0.05) is 42.3 Å². The summed E-state index contributed by atoms with van der Waals surface area (Å²) in [5.41, 5.74) is 0.224. The minimum atomic E-state index is -2.10. The van der Waals surface area contributed by atoms with E-state index in [9.17, 15) is 39.0 Å². The largest absolute Gasteiger partial charge is 0.495 e. The van der Waals surface area contributed by atoms with Gasteiger partial charge in [-0.05, 0) is 76.1 Å². The number of esters is 1. The number of methoxy groups -OCH3 is 1. The molecule has 5 amide bonds. The summed E-state index contributed by atoms with van der Waals surface area (Å²) >= 11 is 6.77. The fourth-order valence-corrected chi connectivity index (χ4v) is 8.78. The number of ether oxygens (including phenoxy) is 6. The van der Waals surface area contributed by atoms with Crippen molar-refractivity contribution in [2.24, 2.45) is 11.0 Å². The highest BCUT2D eigenvalue weighted by molar-refractivity contribution is 6.35. The predicted molar refractivity (Wildman–Crippen MR) is 256 cm³/mol. The first-order valence-electron chi connectivity index (χ1n) is 23.1. The van der Waals surface area contributed by atoms with E-state index >= 15 is 0 Å². The van der Waals surface area contributed by atoms with E-state index in [0.29, 0.717) is 29.1 Å². The van der Waals surface area contributed by atoms with Crippen LogP contribution in [-0.2, 0) is 49.3 Å². The number of anilines is 2. The van der Waals surface area contributed by atoms with Crippen LogP contribution in [0.3, 0.4) is 0 Å². The lowest BCUT2D eigenvalue weighted by Gasteiger charge is -2.41. The number of hydrazone groups is 1. The van der Waals surface area contributed by atoms with Crippen molar-refractivity contribution in [1.82, 2.24) is 15.5 Å². The molecule has 2 aromatic rings. The van der Waals surface area contributed by atoms with Crippen molar-refractivity contribution in [3.8, 4) is 5.75 Å². The minimum absolute atomic E-state index is 0.0258. The van der Waals surface area contributed by atoms with Gasteiger partial charge in [-0.2, -0.15) is 5.10 Å². The van der Waals surface area contributed by atoms with Crippen LogP contribution in [0, 0.1) is 5.92 Å². The summed E-state index contributed by atoms with van der Waals surface area (Å²) in [5, 5.41) is 33.4. The van der Waals surface area contributed by atoms with Crippen molar-refractivity contribution in [3.63, 3.8) is 0 Å². The second-order valence-corrected chi connectivity index (χ2v) is 18.6. The molecule has 0 spiro atoms. The number of carbonyl (C=O) groups is 6. The van der Waals surface area contributed by atoms with E-state index in [4.69, 9.17) is 40.0 Å². The quantitative estimate of drug-likeness (QED) is 0.113. The van der Waals surface area contributed by atoms with Gasteiger partial charge in [0.2, 0.25) is 11.8 Å². The van der Waals surface area contributed by atoms with Crippen molar-refractivity contribution in [3.05, 3.63) is 76.3 Å². The number of hydrogen-bond donors (Lipinski definition) is 4. The number of epoxide rings is 1. The second-order valence-electron chi connectivity index (χ2n) is 18.2. The predicted octanol–water partition coefficient (Wildman–Crippen LogP) is 3.83. The van der Waals surface area contributed by atoms with Gasteiger partial charge in [0.1, 0.15) is 40.7 Å². The van der Waals surface area contributed by atoms with E-state index in [2.05, 4.69) is 15.7 Å². The lowest BCUT2D eigenvalue weighted by molar-refractivity contribution is -0.162. The van der Waals surface area contributed by atoms with Crippen molar-refractivity contribution >= 4 is 64.4 Å². The average molecular weight is 996 g/mol. The third-order valence-corrected chi connectivity index (χ3v) is 13.3. The third-order valence-electron chi connectivity index (χ3n) is 12.9. The molecule has 2 fully saturated rings. The van der Waals surface area contributed by atoms with E-state index in [0.717, 1.165) is 16.8 Å². The van der Waals surface area contributed by atoms with Crippen LogP contribution in [-0.4, -0.2) is 152 Å². The third kappa shape index (κ3) is 12.7. The van der Waals surface area contributed by atoms with Crippen LogP contribution >= 0.6 is 11.6 Å². The monoisotopic (exact) mass is 994 g/mol. The zero-order valence-electron chi connectivity index (χ0n) is 40.7. The van der Waals surface area contributed by atoms with Crippen molar-refractivity contribution in [2.45, 2.75) is 109 Å². The van der Waals surface area contributed by atoms with Crippen LogP contribution in [0.1, 0.15) is 76.2 Å². The Hall–Kier alpha value is -5.90. The van der Waals surface area contributed by atoms with Crippen molar-refractivity contribution in [2.75, 3.05) is 64.1 Å². The Labute approximate surface area is 411 Å². The van der Waals surface area contributed by atoms with E-state index in [1.54, 1.807) is 69.3 Å². The molecule has 6 rings (SSSR count). The second kappa shape index (κ2) is 22.9. The highest BCUT2D eigenvalue weighted by Gasteiger charge is 2.64. The Morgan fingerprint density at radius 1 is 1.06 bits per heavy atom. The molecule has 2 aromatic carbocycles. The van der Waals surface area contributed by atoms with Gasteiger partial charge in [0.25, 0.3) is 11.8 Å². The number of aliphatic hydroxyl groups excluding tert-OH is 1. The number of allylic oxidation sites excluding steroid dienone is 3. The van der Waals surface area contributed by atoms with Gasteiger partial charge < -0.3 is 53.8 Å². The summed E-state index contributed by atoms with van der Waals surface area (Å²) in [5.74, 6) is -2.48. The molecular weight excluding hydrogens is 932 g/mol. The summed E-state index contributed by atoms with van der Waals surface area (Å²) < 4.78 is 34.6. The number of aliphatic hydroxyl groups is 2. The SMILES string of the molecule is COc1cc2cc(c1Cl)N(C)C(=O)C[C@H](OC(=O)[C@H](C)N(C)C(=O)CCOCCOCCNC(=O)c1ccc(N3N=C(C)CC3=O)cc1)[C@]1(C)OC1[C@H](C)[C@@H]1C[C@@](O)(NC(=O)O1)[C@H](O)/C=C/C=C(\C)C2. The lowest BCUT2D eigenvalue weighted by Crippen LogP contribution is -2.63. The van der Waals surface area contributed by atoms with E-state index in [1.165, 1.54) is 49.0 Å².